The van der Waals surface area contributed by atoms with Gasteiger partial charge < -0.3 is 4.74 Å². The molecule has 1 unspecified atom stereocenters. The number of unbranched alkanes of at least 4 members (excludes halogenated alkanes) is 3. The van der Waals surface area contributed by atoms with Gasteiger partial charge in [0.2, 0.25) is 0 Å². The highest BCUT2D eigenvalue weighted by molar-refractivity contribution is 5.89. The summed E-state index contributed by atoms with van der Waals surface area (Å²) >= 11 is 0. The highest BCUT2D eigenvalue weighted by atomic mass is 16.5. The fraction of sp³-hybridized carbons (Fsp3) is 0.407. The van der Waals surface area contributed by atoms with E-state index in [-0.39, 0.29) is 24.5 Å². The predicted molar refractivity (Wildman–Crippen MR) is 127 cm³/mol. The molecule has 0 fully saturated rings. The molecule has 0 aliphatic rings. The molecule has 0 aromatic heterocycles. The Kier molecular flexibility index (Phi) is 10.6. The molecule has 1 atom stereocenters. The number of benzene rings is 2. The summed E-state index contributed by atoms with van der Waals surface area (Å²) in [6.45, 7) is 6.74. The van der Waals surface area contributed by atoms with Gasteiger partial charge in [0.1, 0.15) is 6.61 Å². The average Bonchev–Trinajstić information content (AvgIpc) is 2.77. The van der Waals surface area contributed by atoms with Gasteiger partial charge in [0.25, 0.3) is 0 Å². The van der Waals surface area contributed by atoms with Crippen molar-refractivity contribution in [3.8, 4) is 0 Å². The summed E-state index contributed by atoms with van der Waals surface area (Å²) in [5.74, 6) is -0.0149. The number of nitrogens with zero attached hydrogens (tertiary/aromatic N) is 1. The van der Waals surface area contributed by atoms with Crippen LogP contribution >= 0.6 is 0 Å². The quantitative estimate of drug-likeness (QED) is 0.217. The summed E-state index contributed by atoms with van der Waals surface area (Å²) in [6.07, 6.45) is 10.1. The molecule has 0 aliphatic carbocycles. The highest BCUT2D eigenvalue weighted by Gasteiger charge is 2.15. The molecule has 2 rings (SSSR count). The Bertz CT molecular complexity index is 794. The highest BCUT2D eigenvalue weighted by Crippen LogP contribution is 2.15. The first kappa shape index (κ1) is 23.6. The van der Waals surface area contributed by atoms with E-state index in [4.69, 9.17) is 9.73 Å². The van der Waals surface area contributed by atoms with E-state index in [1.54, 1.807) is 12.1 Å². The van der Waals surface area contributed by atoms with Gasteiger partial charge in [-0.15, -0.1) is 0 Å². The number of aliphatic imine (C=N–C) groups is 1. The minimum Gasteiger partial charge on any atom is -0.460 e. The zero-order valence-corrected chi connectivity index (χ0v) is 18.6. The number of hydrogen-bond donors (Lipinski definition) is 0. The number of hydrogen-bond acceptors (Lipinski definition) is 3. The summed E-state index contributed by atoms with van der Waals surface area (Å²) in [5, 5.41) is 0. The second kappa shape index (κ2) is 13.5. The third-order valence-corrected chi connectivity index (χ3v) is 5.07. The first-order chi connectivity index (χ1) is 14.6. The maximum atomic E-state index is 12.3. The fourth-order valence-corrected chi connectivity index (χ4v) is 3.11. The molecule has 2 aromatic carbocycles. The Morgan fingerprint density at radius 3 is 2.27 bits per heavy atom. The molecule has 0 saturated heterocycles. The van der Waals surface area contributed by atoms with E-state index in [9.17, 15) is 4.79 Å². The van der Waals surface area contributed by atoms with E-state index in [0.717, 1.165) is 12.8 Å². The first-order valence-corrected chi connectivity index (χ1v) is 11.1. The molecule has 0 N–H and O–H groups in total. The van der Waals surface area contributed by atoms with Crippen LogP contribution in [0.2, 0.25) is 0 Å². The monoisotopic (exact) mass is 405 g/mol. The summed E-state index contributed by atoms with van der Waals surface area (Å²) in [4.78, 5) is 17.1. The fourth-order valence-electron chi connectivity index (χ4n) is 3.11. The minimum atomic E-state index is -0.295. The van der Waals surface area contributed by atoms with Gasteiger partial charge in [-0.1, -0.05) is 94.6 Å². The first-order valence-electron chi connectivity index (χ1n) is 11.1. The predicted octanol–water partition coefficient (Wildman–Crippen LogP) is 6.99. The van der Waals surface area contributed by atoms with Crippen molar-refractivity contribution in [3.05, 3.63) is 77.4 Å². The Hall–Kier alpha value is -2.68. The van der Waals surface area contributed by atoms with Crippen molar-refractivity contribution in [1.82, 2.24) is 0 Å². The van der Waals surface area contributed by atoms with Crippen molar-refractivity contribution < 1.29 is 9.53 Å². The van der Waals surface area contributed by atoms with Crippen LogP contribution < -0.4 is 0 Å². The Morgan fingerprint density at radius 2 is 1.63 bits per heavy atom. The lowest BCUT2D eigenvalue weighted by atomic mass is 10.0. The maximum absolute atomic E-state index is 12.3. The molecule has 0 bridgehead atoms. The van der Waals surface area contributed by atoms with Gasteiger partial charge in [0, 0.05) is 6.21 Å². The van der Waals surface area contributed by atoms with Crippen LogP contribution in [0.4, 0.5) is 0 Å². The van der Waals surface area contributed by atoms with Crippen LogP contribution in [0.1, 0.15) is 68.8 Å². The van der Waals surface area contributed by atoms with Crippen LogP contribution in [-0.2, 0) is 4.74 Å². The van der Waals surface area contributed by atoms with Crippen molar-refractivity contribution in [3.63, 3.8) is 0 Å². The van der Waals surface area contributed by atoms with Crippen molar-refractivity contribution in [2.24, 2.45) is 10.9 Å². The Labute approximate surface area is 181 Å². The molecule has 0 aliphatic heterocycles. The smallest absolute Gasteiger partial charge is 0.338 e. The van der Waals surface area contributed by atoms with Gasteiger partial charge in [0.05, 0.1) is 11.6 Å². The van der Waals surface area contributed by atoms with Crippen molar-refractivity contribution in [2.75, 3.05) is 6.61 Å². The second-order valence-corrected chi connectivity index (χ2v) is 7.99. The van der Waals surface area contributed by atoms with E-state index in [0.29, 0.717) is 5.56 Å². The molecule has 0 spiro atoms. The van der Waals surface area contributed by atoms with Crippen molar-refractivity contribution >= 4 is 18.3 Å². The van der Waals surface area contributed by atoms with Gasteiger partial charge in [0.15, 0.2) is 0 Å². The molecule has 0 saturated carbocycles. The molecule has 0 heterocycles. The summed E-state index contributed by atoms with van der Waals surface area (Å²) < 4.78 is 5.54. The Balaban J connectivity index is 2.04. The standard InChI is InChI=1S/C27H35NO2/c1-4-5-6-9-16-24(19-23-14-10-7-11-15-23)20-28-26(22(2)3)21-30-27(29)25-17-12-8-13-18-25/h7-8,10-15,17-20,22,26H,4-6,9,16,21H2,1-3H3. The van der Waals surface area contributed by atoms with Crippen LogP contribution in [0.15, 0.2) is 71.2 Å². The van der Waals surface area contributed by atoms with Gasteiger partial charge >= 0.3 is 5.97 Å². The third kappa shape index (κ3) is 8.77. The SMILES string of the molecule is CCCCCCC(C=NC(COC(=O)c1ccccc1)C(C)C)=Cc1ccccc1. The third-order valence-electron chi connectivity index (χ3n) is 5.07. The average molecular weight is 406 g/mol. The number of carbonyl (C=O) groups excluding carboxylic acids is 1. The van der Waals surface area contributed by atoms with Crippen molar-refractivity contribution in [2.45, 2.75) is 58.9 Å². The van der Waals surface area contributed by atoms with Gasteiger partial charge in [-0.2, -0.15) is 0 Å². The molecule has 0 amide bonds. The van der Waals surface area contributed by atoms with Crippen molar-refractivity contribution in [1.29, 1.82) is 0 Å². The molecule has 3 nitrogen and oxygen atoms in total. The minimum absolute atomic E-state index is 0.0625. The van der Waals surface area contributed by atoms with Crippen LogP contribution in [0.5, 0.6) is 0 Å². The summed E-state index contributed by atoms with van der Waals surface area (Å²) in [6, 6.07) is 19.4. The molecule has 160 valence electrons. The topological polar surface area (TPSA) is 38.7 Å². The van der Waals surface area contributed by atoms with Crippen LogP contribution in [0.3, 0.4) is 0 Å². The van der Waals surface area contributed by atoms with Gasteiger partial charge in [-0.3, -0.25) is 4.99 Å². The molecule has 0 radical (unpaired) electrons. The number of rotatable bonds is 12. The lowest BCUT2D eigenvalue weighted by Crippen LogP contribution is -2.22. The lowest BCUT2D eigenvalue weighted by Gasteiger charge is -2.17. The molecular formula is C27H35NO2. The normalized spacial score (nSPS) is 13.0. The second-order valence-electron chi connectivity index (χ2n) is 7.99. The molecule has 2 aromatic rings. The number of ether oxygens (including phenoxy) is 1. The lowest BCUT2D eigenvalue weighted by molar-refractivity contribution is 0.0464. The molecule has 3 heteroatoms. The van der Waals surface area contributed by atoms with Crippen LogP contribution in [-0.4, -0.2) is 24.8 Å². The number of esters is 1. The van der Waals surface area contributed by atoms with E-state index < -0.39 is 0 Å². The van der Waals surface area contributed by atoms with E-state index in [1.807, 2.05) is 30.5 Å². The Morgan fingerprint density at radius 1 is 0.967 bits per heavy atom. The zero-order chi connectivity index (χ0) is 21.6. The van der Waals surface area contributed by atoms with Gasteiger partial charge in [-0.05, 0) is 42.0 Å². The largest absolute Gasteiger partial charge is 0.460 e. The van der Waals surface area contributed by atoms with E-state index in [1.165, 1.54) is 30.4 Å². The van der Waals surface area contributed by atoms with Gasteiger partial charge in [-0.25, -0.2) is 4.79 Å². The van der Waals surface area contributed by atoms with E-state index >= 15 is 0 Å². The zero-order valence-electron chi connectivity index (χ0n) is 18.6. The van der Waals surface area contributed by atoms with E-state index in [2.05, 4.69) is 51.1 Å². The number of allylic oxidation sites excluding steroid dienone is 1. The summed E-state index contributed by atoms with van der Waals surface area (Å²) in [7, 11) is 0. The molecule has 30 heavy (non-hydrogen) atoms. The number of carbonyl (C=O) groups is 1. The maximum Gasteiger partial charge on any atom is 0.338 e. The summed E-state index contributed by atoms with van der Waals surface area (Å²) in [5.41, 5.74) is 2.98. The van der Waals surface area contributed by atoms with Crippen LogP contribution in [0.25, 0.3) is 6.08 Å². The van der Waals surface area contributed by atoms with Crippen LogP contribution in [0, 0.1) is 5.92 Å². The molecular weight excluding hydrogens is 370 g/mol.